The fraction of sp³-hybridized carbons (Fsp3) is 0.400. The van der Waals surface area contributed by atoms with E-state index in [1.165, 1.54) is 7.05 Å². The van der Waals surface area contributed by atoms with Crippen molar-refractivity contribution < 1.29 is 13.6 Å². The second-order valence-electron chi connectivity index (χ2n) is 1.88. The minimum absolute atomic E-state index is 0.258. The number of alkyl halides is 2. The third kappa shape index (κ3) is 1.39. The van der Waals surface area contributed by atoms with E-state index in [-0.39, 0.29) is 12.0 Å². The molecular formula is C5H5F2N3O. The highest BCUT2D eigenvalue weighted by Crippen LogP contribution is 2.17. The summed E-state index contributed by atoms with van der Waals surface area (Å²) in [6, 6.07) is 0. The maximum absolute atomic E-state index is 12.0. The van der Waals surface area contributed by atoms with E-state index in [0.29, 0.717) is 0 Å². The van der Waals surface area contributed by atoms with Gasteiger partial charge in [-0.2, -0.15) is 15.0 Å². The lowest BCUT2D eigenvalue weighted by Gasteiger charge is -1.89. The summed E-state index contributed by atoms with van der Waals surface area (Å²) in [6.07, 6.45) is -2.49. The molecule has 0 saturated heterocycles. The number of rotatable bonds is 2. The van der Waals surface area contributed by atoms with Gasteiger partial charge in [0.25, 0.3) is 6.43 Å². The molecule has 1 heterocycles. The largest absolute Gasteiger partial charge is 0.296 e. The van der Waals surface area contributed by atoms with E-state index in [0.717, 1.165) is 4.80 Å². The van der Waals surface area contributed by atoms with Gasteiger partial charge in [-0.1, -0.05) is 0 Å². The van der Waals surface area contributed by atoms with Crippen LogP contribution in [0.25, 0.3) is 0 Å². The zero-order valence-electron chi connectivity index (χ0n) is 5.66. The molecule has 0 unspecified atom stereocenters. The first-order valence-electron chi connectivity index (χ1n) is 2.79. The van der Waals surface area contributed by atoms with E-state index in [1.807, 2.05) is 0 Å². The SMILES string of the molecule is Cn1nc(C=O)c(C(F)F)n1. The fourth-order valence-corrected chi connectivity index (χ4v) is 0.676. The van der Waals surface area contributed by atoms with E-state index >= 15 is 0 Å². The summed E-state index contributed by atoms with van der Waals surface area (Å²) in [7, 11) is 1.37. The average molecular weight is 161 g/mol. The number of aldehydes is 1. The van der Waals surface area contributed by atoms with Crippen molar-refractivity contribution in [2.24, 2.45) is 7.05 Å². The van der Waals surface area contributed by atoms with Crippen molar-refractivity contribution in [2.45, 2.75) is 6.43 Å². The Kier molecular flexibility index (Phi) is 1.93. The van der Waals surface area contributed by atoms with Crippen LogP contribution >= 0.6 is 0 Å². The summed E-state index contributed by atoms with van der Waals surface area (Å²) in [4.78, 5) is 11.0. The van der Waals surface area contributed by atoms with Gasteiger partial charge in [0.1, 0.15) is 0 Å². The molecule has 1 rings (SSSR count). The predicted octanol–water partition coefficient (Wildman–Crippen LogP) is 0.565. The number of nitrogens with zero attached hydrogens (tertiary/aromatic N) is 3. The van der Waals surface area contributed by atoms with Crippen molar-refractivity contribution in [3.63, 3.8) is 0 Å². The van der Waals surface area contributed by atoms with E-state index in [4.69, 9.17) is 0 Å². The maximum atomic E-state index is 12.0. The van der Waals surface area contributed by atoms with Crippen molar-refractivity contribution in [3.05, 3.63) is 11.4 Å². The summed E-state index contributed by atoms with van der Waals surface area (Å²) in [5, 5.41) is 6.71. The Morgan fingerprint density at radius 3 is 2.55 bits per heavy atom. The first-order chi connectivity index (χ1) is 5.15. The first kappa shape index (κ1) is 7.77. The number of carbonyl (C=O) groups excluding carboxylic acids is 1. The molecule has 4 nitrogen and oxygen atoms in total. The van der Waals surface area contributed by atoms with Gasteiger partial charge in [-0.3, -0.25) is 4.79 Å². The molecule has 0 aliphatic heterocycles. The van der Waals surface area contributed by atoms with Crippen LogP contribution in [0.2, 0.25) is 0 Å². The highest BCUT2D eigenvalue weighted by molar-refractivity contribution is 5.73. The Labute approximate surface area is 60.8 Å². The third-order valence-corrected chi connectivity index (χ3v) is 1.09. The van der Waals surface area contributed by atoms with Crippen molar-refractivity contribution in [1.29, 1.82) is 0 Å². The fourth-order valence-electron chi connectivity index (χ4n) is 0.676. The zero-order valence-corrected chi connectivity index (χ0v) is 5.66. The molecule has 0 saturated carbocycles. The Morgan fingerprint density at radius 1 is 1.55 bits per heavy atom. The van der Waals surface area contributed by atoms with E-state index in [1.54, 1.807) is 0 Å². The van der Waals surface area contributed by atoms with Gasteiger partial charge in [-0.05, 0) is 0 Å². The van der Waals surface area contributed by atoms with Crippen LogP contribution in [0.5, 0.6) is 0 Å². The molecule has 0 N–H and O–H groups in total. The van der Waals surface area contributed by atoms with Gasteiger partial charge < -0.3 is 0 Å². The monoisotopic (exact) mass is 161 g/mol. The van der Waals surface area contributed by atoms with Gasteiger partial charge >= 0.3 is 0 Å². The molecule has 0 bridgehead atoms. The van der Waals surface area contributed by atoms with Gasteiger partial charge in [-0.15, -0.1) is 0 Å². The van der Waals surface area contributed by atoms with Gasteiger partial charge in [0.15, 0.2) is 17.7 Å². The minimum atomic E-state index is -2.75. The standard InChI is InChI=1S/C5H5F2N3O/c1-10-8-3(2-11)4(9-10)5(6)7/h2,5H,1H3. The average Bonchev–Trinajstić information content (AvgIpc) is 2.30. The molecule has 6 heteroatoms. The third-order valence-electron chi connectivity index (χ3n) is 1.09. The molecule has 0 aromatic carbocycles. The topological polar surface area (TPSA) is 47.8 Å². The lowest BCUT2D eigenvalue weighted by Crippen LogP contribution is -1.93. The molecule has 11 heavy (non-hydrogen) atoms. The normalized spacial score (nSPS) is 10.5. The number of aryl methyl sites for hydroxylation is 1. The van der Waals surface area contributed by atoms with Crippen LogP contribution in [-0.4, -0.2) is 21.3 Å². The minimum Gasteiger partial charge on any atom is -0.296 e. The van der Waals surface area contributed by atoms with Crippen LogP contribution in [0, 0.1) is 0 Å². The van der Waals surface area contributed by atoms with Crippen LogP contribution in [0.1, 0.15) is 22.6 Å². The molecule has 0 radical (unpaired) electrons. The Morgan fingerprint density at radius 2 is 2.18 bits per heavy atom. The summed E-state index contributed by atoms with van der Waals surface area (Å²) in [6.45, 7) is 0. The quantitative estimate of drug-likeness (QED) is 0.595. The van der Waals surface area contributed by atoms with Crippen LogP contribution in [0.3, 0.4) is 0 Å². The Bertz CT molecular complexity index is 271. The Hall–Kier alpha value is -1.33. The highest BCUT2D eigenvalue weighted by atomic mass is 19.3. The smallest absolute Gasteiger partial charge is 0.284 e. The van der Waals surface area contributed by atoms with Crippen LogP contribution in [0.4, 0.5) is 8.78 Å². The van der Waals surface area contributed by atoms with Crippen molar-refractivity contribution >= 4 is 6.29 Å². The molecule has 0 aliphatic rings. The summed E-state index contributed by atoms with van der Waals surface area (Å²) >= 11 is 0. The number of hydrogen-bond acceptors (Lipinski definition) is 3. The molecule has 0 atom stereocenters. The number of hydrogen-bond donors (Lipinski definition) is 0. The van der Waals surface area contributed by atoms with Gasteiger partial charge in [0, 0.05) is 7.05 Å². The van der Waals surface area contributed by atoms with Gasteiger partial charge in [0.05, 0.1) is 0 Å². The molecule has 0 amide bonds. The summed E-state index contributed by atoms with van der Waals surface area (Å²) < 4.78 is 23.9. The molecule has 0 fully saturated rings. The Balaban J connectivity index is 3.11. The van der Waals surface area contributed by atoms with E-state index in [9.17, 15) is 13.6 Å². The number of halogens is 2. The number of carbonyl (C=O) groups is 1. The van der Waals surface area contributed by atoms with E-state index < -0.39 is 12.1 Å². The molecular weight excluding hydrogens is 156 g/mol. The van der Waals surface area contributed by atoms with Gasteiger partial charge in [0.2, 0.25) is 0 Å². The molecule has 60 valence electrons. The van der Waals surface area contributed by atoms with Crippen molar-refractivity contribution in [1.82, 2.24) is 15.0 Å². The van der Waals surface area contributed by atoms with Crippen LogP contribution < -0.4 is 0 Å². The molecule has 0 aliphatic carbocycles. The van der Waals surface area contributed by atoms with Gasteiger partial charge in [-0.25, -0.2) is 8.78 Å². The lowest BCUT2D eigenvalue weighted by molar-refractivity contribution is 0.110. The molecule has 1 aromatic rings. The summed E-state index contributed by atoms with van der Waals surface area (Å²) in [5.74, 6) is 0. The number of aromatic nitrogens is 3. The molecule has 0 spiro atoms. The second-order valence-corrected chi connectivity index (χ2v) is 1.88. The predicted molar refractivity (Wildman–Crippen MR) is 31.3 cm³/mol. The lowest BCUT2D eigenvalue weighted by atomic mass is 10.3. The second kappa shape index (κ2) is 2.73. The summed E-state index contributed by atoms with van der Waals surface area (Å²) in [5.41, 5.74) is -0.870. The van der Waals surface area contributed by atoms with Crippen LogP contribution in [-0.2, 0) is 7.05 Å². The zero-order chi connectivity index (χ0) is 8.43. The van der Waals surface area contributed by atoms with Crippen LogP contribution in [0.15, 0.2) is 0 Å². The highest BCUT2D eigenvalue weighted by Gasteiger charge is 2.17. The van der Waals surface area contributed by atoms with Crippen molar-refractivity contribution in [3.8, 4) is 0 Å². The van der Waals surface area contributed by atoms with Crippen molar-refractivity contribution in [2.75, 3.05) is 0 Å². The molecule has 1 aromatic heterocycles. The maximum Gasteiger partial charge on any atom is 0.284 e. The van der Waals surface area contributed by atoms with E-state index in [2.05, 4.69) is 10.2 Å². The first-order valence-corrected chi connectivity index (χ1v) is 2.79.